The van der Waals surface area contributed by atoms with Crippen LogP contribution in [0.1, 0.15) is 18.1 Å². The summed E-state index contributed by atoms with van der Waals surface area (Å²) in [4.78, 5) is 17.0. The highest BCUT2D eigenvalue weighted by molar-refractivity contribution is 5.83. The van der Waals surface area contributed by atoms with Crippen LogP contribution in [-0.4, -0.2) is 67.1 Å². The molecule has 3 N–H and O–H groups in total. The predicted molar refractivity (Wildman–Crippen MR) is 129 cm³/mol. The molecule has 0 amide bonds. The lowest BCUT2D eigenvalue weighted by atomic mass is 10.1. The van der Waals surface area contributed by atoms with E-state index in [2.05, 4.69) is 54.5 Å². The average Bonchev–Trinajstić information content (AvgIpc) is 3.23. The number of aromatic amines is 1. The molecule has 4 rings (SSSR count). The molecule has 0 saturated carbocycles. The van der Waals surface area contributed by atoms with Gasteiger partial charge in [0, 0.05) is 69.6 Å². The summed E-state index contributed by atoms with van der Waals surface area (Å²) in [6.07, 6.45) is 4.64. The monoisotopic (exact) mass is 437 g/mol. The summed E-state index contributed by atoms with van der Waals surface area (Å²) < 4.78 is 13.6. The van der Waals surface area contributed by atoms with Gasteiger partial charge in [-0.05, 0) is 48.4 Å². The first-order valence-corrected chi connectivity index (χ1v) is 11.3. The maximum absolute atomic E-state index is 13.6. The Morgan fingerprint density at radius 2 is 2.00 bits per heavy atom. The lowest BCUT2D eigenvalue weighted by molar-refractivity contribution is 0.270. The first-order chi connectivity index (χ1) is 15.7. The van der Waals surface area contributed by atoms with Gasteiger partial charge in [0.15, 0.2) is 5.96 Å². The van der Waals surface area contributed by atoms with Gasteiger partial charge >= 0.3 is 0 Å². The van der Waals surface area contributed by atoms with Crippen molar-refractivity contribution in [2.24, 2.45) is 4.99 Å². The molecule has 1 aromatic carbocycles. The molecule has 0 radical (unpaired) electrons. The molecule has 3 heterocycles. The molecule has 1 aliphatic rings. The molecule has 0 bridgehead atoms. The normalized spacial score (nSPS) is 15.3. The third kappa shape index (κ3) is 5.37. The quantitative estimate of drug-likeness (QED) is 0.392. The number of nitrogens with zero attached hydrogens (tertiary/aromatic N) is 4. The van der Waals surface area contributed by atoms with E-state index in [0.717, 1.165) is 73.0 Å². The molecule has 32 heavy (non-hydrogen) atoms. The zero-order valence-electron chi connectivity index (χ0n) is 18.9. The lowest BCUT2D eigenvalue weighted by Gasteiger charge is -2.34. The molecule has 1 saturated heterocycles. The third-order valence-corrected chi connectivity index (χ3v) is 6.05. The van der Waals surface area contributed by atoms with Crippen molar-refractivity contribution in [3.05, 3.63) is 59.7 Å². The number of pyridine rings is 1. The maximum Gasteiger partial charge on any atom is 0.191 e. The molecule has 0 unspecified atom stereocenters. The van der Waals surface area contributed by atoms with Crippen LogP contribution in [0.4, 0.5) is 10.2 Å². The Bertz CT molecular complexity index is 1040. The van der Waals surface area contributed by atoms with Crippen LogP contribution in [0.15, 0.2) is 47.7 Å². The number of H-pyrrole nitrogens is 1. The number of aromatic nitrogens is 2. The van der Waals surface area contributed by atoms with E-state index in [1.165, 1.54) is 6.07 Å². The minimum absolute atomic E-state index is 0.216. The van der Waals surface area contributed by atoms with Crippen molar-refractivity contribution in [3.63, 3.8) is 0 Å². The van der Waals surface area contributed by atoms with Crippen molar-refractivity contribution < 1.29 is 4.39 Å². The molecule has 0 spiro atoms. The summed E-state index contributed by atoms with van der Waals surface area (Å²) in [6.45, 7) is 8.91. The number of piperazine rings is 1. The molecule has 7 nitrogen and oxygen atoms in total. The summed E-state index contributed by atoms with van der Waals surface area (Å²) in [7, 11) is 1.76. The molecular weight excluding hydrogens is 405 g/mol. The Balaban J connectivity index is 1.24. The van der Waals surface area contributed by atoms with E-state index in [1.54, 1.807) is 19.2 Å². The Morgan fingerprint density at radius 1 is 1.16 bits per heavy atom. The van der Waals surface area contributed by atoms with Crippen LogP contribution in [0.2, 0.25) is 0 Å². The van der Waals surface area contributed by atoms with Crippen molar-refractivity contribution in [1.29, 1.82) is 0 Å². The van der Waals surface area contributed by atoms with Gasteiger partial charge in [-0.25, -0.2) is 9.37 Å². The summed E-state index contributed by atoms with van der Waals surface area (Å²) in [6, 6.07) is 9.04. The molecule has 1 fully saturated rings. The van der Waals surface area contributed by atoms with Crippen LogP contribution < -0.4 is 15.5 Å². The topological polar surface area (TPSA) is 71.6 Å². The van der Waals surface area contributed by atoms with Crippen molar-refractivity contribution in [2.45, 2.75) is 19.9 Å². The van der Waals surface area contributed by atoms with Gasteiger partial charge in [-0.2, -0.15) is 0 Å². The van der Waals surface area contributed by atoms with Crippen LogP contribution >= 0.6 is 0 Å². The van der Waals surface area contributed by atoms with E-state index >= 15 is 0 Å². The fourth-order valence-electron chi connectivity index (χ4n) is 4.08. The number of anilines is 1. The van der Waals surface area contributed by atoms with Gasteiger partial charge in [0.2, 0.25) is 0 Å². The van der Waals surface area contributed by atoms with Gasteiger partial charge in [-0.1, -0.05) is 13.0 Å². The Morgan fingerprint density at radius 3 is 2.72 bits per heavy atom. The standard InChI is InChI=1S/C24H32FN7/c1-3-31-10-12-32(13-11-31)23-7-4-18(15-29-23)16-30-24(26-2)27-9-8-19-17-28-22-6-5-20(25)14-21(19)22/h4-7,14-15,17,28H,3,8-13,16H2,1-2H3,(H2,26,27,30). The molecule has 170 valence electrons. The van der Waals surface area contributed by atoms with Gasteiger partial charge in [0.05, 0.1) is 0 Å². The minimum atomic E-state index is -0.216. The molecule has 2 aromatic heterocycles. The zero-order chi connectivity index (χ0) is 22.3. The second-order valence-electron chi connectivity index (χ2n) is 8.05. The maximum atomic E-state index is 13.6. The zero-order valence-corrected chi connectivity index (χ0v) is 18.9. The molecule has 0 aliphatic carbocycles. The molecule has 0 atom stereocenters. The van der Waals surface area contributed by atoms with E-state index in [0.29, 0.717) is 13.1 Å². The van der Waals surface area contributed by atoms with Crippen molar-refractivity contribution in [2.75, 3.05) is 51.2 Å². The van der Waals surface area contributed by atoms with E-state index in [4.69, 9.17) is 0 Å². The fourth-order valence-corrected chi connectivity index (χ4v) is 4.08. The van der Waals surface area contributed by atoms with Crippen LogP contribution in [0, 0.1) is 5.82 Å². The second-order valence-corrected chi connectivity index (χ2v) is 8.05. The van der Waals surface area contributed by atoms with Crippen LogP contribution in [0.3, 0.4) is 0 Å². The SMILES string of the molecule is CCN1CCN(c2ccc(CNC(=NC)NCCc3c[nH]c4ccc(F)cc34)cn2)CC1. The highest BCUT2D eigenvalue weighted by atomic mass is 19.1. The highest BCUT2D eigenvalue weighted by Crippen LogP contribution is 2.19. The summed E-state index contributed by atoms with van der Waals surface area (Å²) in [5.74, 6) is 1.56. The molecule has 1 aliphatic heterocycles. The molecular formula is C24H32FN7. The lowest BCUT2D eigenvalue weighted by Crippen LogP contribution is -2.46. The first kappa shape index (κ1) is 22.1. The van der Waals surface area contributed by atoms with Crippen LogP contribution in [0.5, 0.6) is 0 Å². The summed E-state index contributed by atoms with van der Waals surface area (Å²) in [5, 5.41) is 7.59. The van der Waals surface area contributed by atoms with Crippen LogP contribution in [0.25, 0.3) is 10.9 Å². The minimum Gasteiger partial charge on any atom is -0.361 e. The van der Waals surface area contributed by atoms with Gasteiger partial charge in [-0.3, -0.25) is 4.99 Å². The smallest absolute Gasteiger partial charge is 0.191 e. The van der Waals surface area contributed by atoms with Gasteiger partial charge in [0.25, 0.3) is 0 Å². The van der Waals surface area contributed by atoms with Gasteiger partial charge < -0.3 is 25.4 Å². The number of fused-ring (bicyclic) bond motifs is 1. The van der Waals surface area contributed by atoms with E-state index in [9.17, 15) is 4.39 Å². The number of benzene rings is 1. The molecule has 8 heteroatoms. The number of aliphatic imine (C=N–C) groups is 1. The number of hydrogen-bond donors (Lipinski definition) is 3. The number of halogens is 1. The molecule has 3 aromatic rings. The Hall–Kier alpha value is -3.13. The van der Waals surface area contributed by atoms with E-state index < -0.39 is 0 Å². The van der Waals surface area contributed by atoms with Crippen molar-refractivity contribution in [1.82, 2.24) is 25.5 Å². The average molecular weight is 438 g/mol. The van der Waals surface area contributed by atoms with Gasteiger partial charge in [0.1, 0.15) is 11.6 Å². The van der Waals surface area contributed by atoms with E-state index in [1.807, 2.05) is 12.4 Å². The summed E-state index contributed by atoms with van der Waals surface area (Å²) >= 11 is 0. The largest absolute Gasteiger partial charge is 0.361 e. The first-order valence-electron chi connectivity index (χ1n) is 11.3. The fraction of sp³-hybridized carbons (Fsp3) is 0.417. The van der Waals surface area contributed by atoms with Crippen molar-refractivity contribution >= 4 is 22.7 Å². The van der Waals surface area contributed by atoms with Crippen LogP contribution in [-0.2, 0) is 13.0 Å². The van der Waals surface area contributed by atoms with E-state index in [-0.39, 0.29) is 5.82 Å². The Labute approximate surface area is 188 Å². The highest BCUT2D eigenvalue weighted by Gasteiger charge is 2.16. The third-order valence-electron chi connectivity index (χ3n) is 6.05. The number of hydrogen-bond acceptors (Lipinski definition) is 4. The number of likely N-dealkylation sites (N-methyl/N-ethyl adjacent to an activating group) is 1. The number of nitrogens with one attached hydrogen (secondary N) is 3. The van der Waals surface area contributed by atoms with Crippen molar-refractivity contribution in [3.8, 4) is 0 Å². The Kier molecular flexibility index (Phi) is 7.21. The van der Waals surface area contributed by atoms with Gasteiger partial charge in [-0.15, -0.1) is 0 Å². The second kappa shape index (κ2) is 10.5. The predicted octanol–water partition coefficient (Wildman–Crippen LogP) is 2.75. The summed E-state index contributed by atoms with van der Waals surface area (Å²) in [5.41, 5.74) is 3.14. The number of guanidine groups is 1. The number of rotatable bonds is 7.